The Morgan fingerprint density at radius 2 is 1.62 bits per heavy atom. The van der Waals surface area contributed by atoms with E-state index >= 15 is 0 Å². The van der Waals surface area contributed by atoms with Gasteiger partial charge in [-0.2, -0.15) is 0 Å². The molecule has 0 saturated carbocycles. The average Bonchev–Trinajstić information content (AvgIpc) is 3.10. The van der Waals surface area contributed by atoms with Gasteiger partial charge in [-0.25, -0.2) is 0 Å². The Morgan fingerprint density at radius 3 is 2.28 bits per heavy atom. The van der Waals surface area contributed by atoms with Gasteiger partial charge >= 0.3 is 0 Å². The number of carbonyl (C=O) groups excluding carboxylic acids is 2. The lowest BCUT2D eigenvalue weighted by molar-refractivity contribution is -0.110. The second kappa shape index (κ2) is 9.08. The lowest BCUT2D eigenvalue weighted by Gasteiger charge is -2.17. The van der Waals surface area contributed by atoms with Crippen LogP contribution in [-0.4, -0.2) is 23.8 Å². The van der Waals surface area contributed by atoms with E-state index < -0.39 is 5.91 Å². The first-order chi connectivity index (χ1) is 15.4. The summed E-state index contributed by atoms with van der Waals surface area (Å²) >= 11 is 0. The van der Waals surface area contributed by atoms with E-state index in [1.807, 2.05) is 25.1 Å². The van der Waals surface area contributed by atoms with Gasteiger partial charge < -0.3 is 16.4 Å². The highest BCUT2D eigenvalue weighted by Gasteiger charge is 2.27. The third-order valence-electron chi connectivity index (χ3n) is 5.46. The summed E-state index contributed by atoms with van der Waals surface area (Å²) in [5.41, 5.74) is 11.8. The predicted molar refractivity (Wildman–Crippen MR) is 128 cm³/mol. The fourth-order valence-corrected chi connectivity index (χ4v) is 3.93. The Hall–Kier alpha value is -3.90. The van der Waals surface area contributed by atoms with Crippen molar-refractivity contribution in [2.45, 2.75) is 20.0 Å². The Bertz CT molecular complexity index is 1180. The summed E-state index contributed by atoms with van der Waals surface area (Å²) < 4.78 is 0. The van der Waals surface area contributed by atoms with Gasteiger partial charge in [0.05, 0.1) is 5.57 Å². The molecule has 6 nitrogen and oxygen atoms in total. The number of anilines is 2. The molecule has 4 rings (SSSR count). The van der Waals surface area contributed by atoms with Crippen LogP contribution < -0.4 is 16.4 Å². The molecule has 6 heteroatoms. The zero-order chi connectivity index (χ0) is 22.7. The van der Waals surface area contributed by atoms with E-state index in [0.29, 0.717) is 16.8 Å². The molecule has 0 fully saturated rings. The van der Waals surface area contributed by atoms with Crippen molar-refractivity contribution in [1.82, 2.24) is 4.90 Å². The first-order valence-electron chi connectivity index (χ1n) is 10.5. The molecule has 0 bridgehead atoms. The fraction of sp³-hybridized carbons (Fsp3) is 0.154. The van der Waals surface area contributed by atoms with Crippen molar-refractivity contribution in [3.63, 3.8) is 0 Å². The van der Waals surface area contributed by atoms with Crippen LogP contribution in [0.2, 0.25) is 0 Å². The molecule has 2 amide bonds. The maximum absolute atomic E-state index is 12.5. The van der Waals surface area contributed by atoms with Gasteiger partial charge in [-0.15, -0.1) is 0 Å². The van der Waals surface area contributed by atoms with Crippen LogP contribution >= 0.6 is 0 Å². The van der Waals surface area contributed by atoms with Gasteiger partial charge in [0.25, 0.3) is 5.91 Å². The number of primary amides is 1. The maximum atomic E-state index is 12.5. The Morgan fingerprint density at radius 1 is 0.969 bits per heavy atom. The van der Waals surface area contributed by atoms with Gasteiger partial charge in [-0.1, -0.05) is 48.5 Å². The molecule has 4 N–H and O–H groups in total. The zero-order valence-electron chi connectivity index (χ0n) is 18.2. The third-order valence-corrected chi connectivity index (χ3v) is 5.46. The van der Waals surface area contributed by atoms with Crippen molar-refractivity contribution in [2.24, 2.45) is 5.73 Å². The van der Waals surface area contributed by atoms with Crippen molar-refractivity contribution in [3.8, 4) is 0 Å². The first-order valence-corrected chi connectivity index (χ1v) is 10.5. The molecule has 0 aliphatic carbocycles. The van der Waals surface area contributed by atoms with Gasteiger partial charge in [0, 0.05) is 41.3 Å². The minimum Gasteiger partial charge on any atom is -0.366 e. The van der Waals surface area contributed by atoms with Crippen LogP contribution in [0.4, 0.5) is 11.4 Å². The number of nitrogens with zero attached hydrogens (tertiary/aromatic N) is 1. The molecule has 0 saturated heterocycles. The monoisotopic (exact) mass is 426 g/mol. The number of rotatable bonds is 7. The topological polar surface area (TPSA) is 87.5 Å². The number of hydrogen-bond donors (Lipinski definition) is 3. The Balaban J connectivity index is 1.45. The second-order valence-corrected chi connectivity index (χ2v) is 8.06. The first kappa shape index (κ1) is 21.3. The highest BCUT2D eigenvalue weighted by atomic mass is 16.2. The third kappa shape index (κ3) is 4.71. The Kier molecular flexibility index (Phi) is 6.05. The molecule has 32 heavy (non-hydrogen) atoms. The van der Waals surface area contributed by atoms with Crippen LogP contribution in [0.5, 0.6) is 0 Å². The highest BCUT2D eigenvalue weighted by Crippen LogP contribution is 2.34. The molecule has 162 valence electrons. The highest BCUT2D eigenvalue weighted by molar-refractivity contribution is 6.32. The number of hydrogen-bond acceptors (Lipinski definition) is 4. The molecule has 3 aromatic carbocycles. The van der Waals surface area contributed by atoms with E-state index in [1.165, 1.54) is 11.1 Å². The van der Waals surface area contributed by atoms with Crippen molar-refractivity contribution in [1.29, 1.82) is 0 Å². The number of allylic oxidation sites excluding steroid dienone is 1. The number of nitrogens with two attached hydrogens (primary N) is 1. The summed E-state index contributed by atoms with van der Waals surface area (Å²) in [5.74, 6) is -0.727. The SMILES string of the molecule is CC(Nc1ccc(CN(C)Cc2ccccc2)cc1)=C1C(=O)Nc2cc(C(N)=O)ccc21. The van der Waals surface area contributed by atoms with E-state index in [1.54, 1.807) is 18.2 Å². The van der Waals surface area contributed by atoms with Crippen LogP contribution in [0.25, 0.3) is 5.57 Å². The van der Waals surface area contributed by atoms with Crippen LogP contribution in [0.3, 0.4) is 0 Å². The zero-order valence-corrected chi connectivity index (χ0v) is 18.2. The quantitative estimate of drug-likeness (QED) is 0.494. The molecule has 3 aromatic rings. The van der Waals surface area contributed by atoms with Gasteiger partial charge in [-0.3, -0.25) is 14.5 Å². The van der Waals surface area contributed by atoms with E-state index in [2.05, 4.69) is 59.0 Å². The summed E-state index contributed by atoms with van der Waals surface area (Å²) in [6.45, 7) is 3.60. The van der Waals surface area contributed by atoms with Crippen molar-refractivity contribution < 1.29 is 9.59 Å². The summed E-state index contributed by atoms with van der Waals surface area (Å²) in [6, 6.07) is 23.6. The van der Waals surface area contributed by atoms with E-state index in [-0.39, 0.29) is 5.91 Å². The van der Waals surface area contributed by atoms with Crippen molar-refractivity contribution in [2.75, 3.05) is 17.7 Å². The number of benzene rings is 3. The van der Waals surface area contributed by atoms with Crippen LogP contribution in [0, 0.1) is 0 Å². The number of amides is 2. The molecular formula is C26H26N4O2. The van der Waals surface area contributed by atoms with Crippen LogP contribution in [0.1, 0.15) is 34.0 Å². The van der Waals surface area contributed by atoms with E-state index in [0.717, 1.165) is 30.0 Å². The van der Waals surface area contributed by atoms with E-state index in [9.17, 15) is 9.59 Å². The molecule has 1 aliphatic rings. The number of fused-ring (bicyclic) bond motifs is 1. The van der Waals surface area contributed by atoms with Gasteiger partial charge in [0.1, 0.15) is 0 Å². The minimum absolute atomic E-state index is 0.203. The molecule has 1 heterocycles. The normalized spacial score (nSPS) is 14.2. The summed E-state index contributed by atoms with van der Waals surface area (Å²) in [7, 11) is 2.10. The van der Waals surface area contributed by atoms with Crippen molar-refractivity contribution in [3.05, 3.63) is 101 Å². The van der Waals surface area contributed by atoms with Crippen LogP contribution in [0.15, 0.2) is 78.5 Å². The summed E-state index contributed by atoms with van der Waals surface area (Å²) in [5, 5.41) is 6.14. The average molecular weight is 427 g/mol. The minimum atomic E-state index is -0.524. The molecule has 1 aliphatic heterocycles. The van der Waals surface area contributed by atoms with Crippen LogP contribution in [-0.2, 0) is 17.9 Å². The van der Waals surface area contributed by atoms with E-state index in [4.69, 9.17) is 5.73 Å². The van der Waals surface area contributed by atoms with Gasteiger partial charge in [-0.05, 0) is 49.4 Å². The largest absolute Gasteiger partial charge is 0.366 e. The molecule has 0 aromatic heterocycles. The maximum Gasteiger partial charge on any atom is 0.258 e. The molecule has 0 spiro atoms. The lowest BCUT2D eigenvalue weighted by Crippen LogP contribution is -2.17. The number of carbonyl (C=O) groups is 2. The van der Waals surface area contributed by atoms with Gasteiger partial charge in [0.15, 0.2) is 0 Å². The lowest BCUT2D eigenvalue weighted by atomic mass is 10.0. The fourth-order valence-electron chi connectivity index (χ4n) is 3.93. The molecule has 0 atom stereocenters. The molecule has 0 unspecified atom stereocenters. The smallest absolute Gasteiger partial charge is 0.258 e. The summed E-state index contributed by atoms with van der Waals surface area (Å²) in [4.78, 5) is 26.2. The standard InChI is InChI=1S/C26H26N4O2/c1-17(24-22-13-10-20(25(27)31)14-23(22)29-26(24)32)28-21-11-8-19(9-12-21)16-30(2)15-18-6-4-3-5-7-18/h3-14,28H,15-16H2,1-2H3,(H2,27,31)(H,29,32). The molecular weight excluding hydrogens is 400 g/mol. The summed E-state index contributed by atoms with van der Waals surface area (Å²) in [6.07, 6.45) is 0. The molecule has 0 radical (unpaired) electrons. The second-order valence-electron chi connectivity index (χ2n) is 8.06. The van der Waals surface area contributed by atoms with Gasteiger partial charge in [0.2, 0.25) is 5.91 Å². The predicted octanol–water partition coefficient (Wildman–Crippen LogP) is 4.21. The van der Waals surface area contributed by atoms with Crippen molar-refractivity contribution >= 4 is 28.8 Å². The number of nitrogens with one attached hydrogen (secondary N) is 2. The Labute approximate surface area is 187 Å².